The minimum absolute atomic E-state index is 0.102. The Bertz CT molecular complexity index is 1260. The number of amides is 2. The van der Waals surface area contributed by atoms with Gasteiger partial charge in [0.25, 0.3) is 11.8 Å². The summed E-state index contributed by atoms with van der Waals surface area (Å²) in [6.07, 6.45) is 1.70. The van der Waals surface area contributed by atoms with Gasteiger partial charge >= 0.3 is 0 Å². The summed E-state index contributed by atoms with van der Waals surface area (Å²) in [5.74, 6) is -0.478. The number of carbonyl (C=O) groups is 2. The minimum atomic E-state index is -0.684. The van der Waals surface area contributed by atoms with Crippen molar-refractivity contribution in [3.8, 4) is 22.8 Å². The van der Waals surface area contributed by atoms with Gasteiger partial charge in [-0.2, -0.15) is 5.10 Å². The lowest BCUT2D eigenvalue weighted by Crippen LogP contribution is -2.52. The molecule has 8 nitrogen and oxygen atoms in total. The van der Waals surface area contributed by atoms with E-state index in [1.807, 2.05) is 25.2 Å². The monoisotopic (exact) mass is 470 g/mol. The molecular weight excluding hydrogens is 451 g/mol. The second-order valence-electron chi connectivity index (χ2n) is 8.03. The Balaban J connectivity index is 1.23. The molecule has 0 radical (unpaired) electrons. The number of aryl methyl sites for hydroxylation is 1. The summed E-state index contributed by atoms with van der Waals surface area (Å²) in [6.45, 7) is 1.09. The molecule has 0 spiro atoms. The number of nitrogens with one attached hydrogen (secondary N) is 1. The van der Waals surface area contributed by atoms with Gasteiger partial charge in [0.15, 0.2) is 6.61 Å². The van der Waals surface area contributed by atoms with Crippen molar-refractivity contribution >= 4 is 29.1 Å². The number of likely N-dealkylation sites (tertiary alicyclic amines) is 1. The molecule has 0 atom stereocenters. The Morgan fingerprint density at radius 1 is 1.30 bits per heavy atom. The summed E-state index contributed by atoms with van der Waals surface area (Å²) in [5.41, 5.74) is 1.89. The van der Waals surface area contributed by atoms with Crippen molar-refractivity contribution in [2.75, 3.05) is 31.6 Å². The van der Waals surface area contributed by atoms with Crippen LogP contribution in [-0.2, 0) is 11.8 Å². The zero-order valence-corrected chi connectivity index (χ0v) is 18.4. The Labute approximate surface area is 193 Å². The molecular formula is C23H20ClFN4O4. The minimum Gasteiger partial charge on any atom is -0.492 e. The summed E-state index contributed by atoms with van der Waals surface area (Å²) in [6, 6.07) is 9.72. The van der Waals surface area contributed by atoms with Gasteiger partial charge in [-0.3, -0.25) is 14.3 Å². The van der Waals surface area contributed by atoms with Crippen LogP contribution in [0.2, 0.25) is 5.02 Å². The first kappa shape index (κ1) is 21.3. The smallest absolute Gasteiger partial charge is 0.262 e. The highest BCUT2D eigenvalue weighted by Crippen LogP contribution is 2.34. The number of fused-ring (bicyclic) bond motifs is 1. The van der Waals surface area contributed by atoms with Gasteiger partial charge in [-0.15, -0.1) is 0 Å². The van der Waals surface area contributed by atoms with Gasteiger partial charge in [-0.1, -0.05) is 11.6 Å². The number of halogens is 2. The second kappa shape index (κ2) is 8.40. The summed E-state index contributed by atoms with van der Waals surface area (Å²) in [4.78, 5) is 25.8. The zero-order valence-electron chi connectivity index (χ0n) is 17.7. The molecule has 33 heavy (non-hydrogen) atoms. The number of rotatable bonds is 5. The number of carbonyl (C=O) groups excluding carboxylic acids is 2. The summed E-state index contributed by atoms with van der Waals surface area (Å²) in [5, 5.41) is 7.38. The van der Waals surface area contributed by atoms with Crippen LogP contribution in [0.5, 0.6) is 11.5 Å². The fourth-order valence-corrected chi connectivity index (χ4v) is 4.12. The van der Waals surface area contributed by atoms with Crippen molar-refractivity contribution in [3.05, 3.63) is 59.0 Å². The lowest BCUT2D eigenvalue weighted by atomic mass is 9.99. The highest BCUT2D eigenvalue weighted by molar-refractivity contribution is 6.31. The van der Waals surface area contributed by atoms with Crippen LogP contribution in [0.15, 0.2) is 42.6 Å². The fourth-order valence-electron chi connectivity index (χ4n) is 3.95. The lowest BCUT2D eigenvalue weighted by molar-refractivity contribution is -0.118. The highest BCUT2D eigenvalue weighted by atomic mass is 35.5. The SMILES string of the molecule is Cn1nccc1-c1cc(Cl)ccc1OCC1CN(C(=O)c2cc3c(cc2F)OCC(=O)N3)C1. The van der Waals surface area contributed by atoms with Gasteiger partial charge in [0, 0.05) is 48.9 Å². The quantitative estimate of drug-likeness (QED) is 0.618. The van der Waals surface area contributed by atoms with E-state index >= 15 is 0 Å². The number of nitrogens with zero attached hydrogens (tertiary/aromatic N) is 3. The third-order valence-corrected chi connectivity index (χ3v) is 5.93. The molecule has 1 fully saturated rings. The molecule has 2 aliphatic heterocycles. The van der Waals surface area contributed by atoms with Crippen LogP contribution in [0.25, 0.3) is 11.3 Å². The van der Waals surface area contributed by atoms with Crippen molar-refractivity contribution in [1.29, 1.82) is 0 Å². The number of benzene rings is 2. The highest BCUT2D eigenvalue weighted by Gasteiger charge is 2.34. The number of ether oxygens (including phenoxy) is 2. The van der Waals surface area contributed by atoms with Crippen molar-refractivity contribution in [1.82, 2.24) is 14.7 Å². The predicted molar refractivity (Wildman–Crippen MR) is 119 cm³/mol. The zero-order chi connectivity index (χ0) is 23.1. The second-order valence-corrected chi connectivity index (χ2v) is 8.47. The maximum atomic E-state index is 14.5. The first-order valence-corrected chi connectivity index (χ1v) is 10.7. The standard InChI is InChI=1S/C23H20ClFN4O4/c1-28-19(4-5-26-28)16-6-14(24)2-3-20(16)32-11-13-9-29(10-13)23(31)15-7-18-21(8-17(15)25)33-12-22(30)27-18/h2-8,13H,9-12H2,1H3,(H,27,30). The summed E-state index contributed by atoms with van der Waals surface area (Å²) in [7, 11) is 1.84. The Morgan fingerprint density at radius 2 is 2.12 bits per heavy atom. The molecule has 1 N–H and O–H groups in total. The van der Waals surface area contributed by atoms with Crippen LogP contribution in [0.1, 0.15) is 10.4 Å². The van der Waals surface area contributed by atoms with E-state index in [9.17, 15) is 14.0 Å². The van der Waals surface area contributed by atoms with E-state index in [4.69, 9.17) is 21.1 Å². The van der Waals surface area contributed by atoms with Crippen LogP contribution in [0, 0.1) is 11.7 Å². The third kappa shape index (κ3) is 4.11. The van der Waals surface area contributed by atoms with E-state index in [1.54, 1.807) is 21.8 Å². The molecule has 1 saturated heterocycles. The fraction of sp³-hybridized carbons (Fsp3) is 0.261. The summed E-state index contributed by atoms with van der Waals surface area (Å²) < 4.78 is 27.4. The molecule has 0 saturated carbocycles. The van der Waals surface area contributed by atoms with Crippen molar-refractivity contribution in [2.45, 2.75) is 0 Å². The van der Waals surface area contributed by atoms with Crippen LogP contribution in [-0.4, -0.2) is 52.8 Å². The molecule has 10 heteroatoms. The normalized spacial score (nSPS) is 15.4. The van der Waals surface area contributed by atoms with Crippen molar-refractivity contribution in [2.24, 2.45) is 13.0 Å². The number of anilines is 1. The molecule has 2 aliphatic rings. The van der Waals surface area contributed by atoms with Crippen LogP contribution < -0.4 is 14.8 Å². The van der Waals surface area contributed by atoms with Gasteiger partial charge in [0.05, 0.1) is 23.6 Å². The molecule has 3 aromatic rings. The Morgan fingerprint density at radius 3 is 2.88 bits per heavy atom. The van der Waals surface area contributed by atoms with E-state index in [0.29, 0.717) is 36.2 Å². The molecule has 2 aromatic carbocycles. The molecule has 170 valence electrons. The Hall–Kier alpha value is -3.59. The molecule has 3 heterocycles. The van der Waals surface area contributed by atoms with Gasteiger partial charge in [-0.25, -0.2) is 4.39 Å². The maximum absolute atomic E-state index is 14.5. The van der Waals surface area contributed by atoms with Crippen molar-refractivity contribution < 1.29 is 23.5 Å². The van der Waals surface area contributed by atoms with Gasteiger partial charge < -0.3 is 19.7 Å². The number of hydrogen-bond donors (Lipinski definition) is 1. The maximum Gasteiger partial charge on any atom is 0.262 e. The predicted octanol–water partition coefficient (Wildman–Crippen LogP) is 3.36. The van der Waals surface area contributed by atoms with Gasteiger partial charge in [0.1, 0.15) is 17.3 Å². The van der Waals surface area contributed by atoms with Crippen LogP contribution >= 0.6 is 11.6 Å². The average Bonchev–Trinajstić information content (AvgIpc) is 3.18. The molecule has 1 aromatic heterocycles. The number of hydrogen-bond acceptors (Lipinski definition) is 5. The average molecular weight is 471 g/mol. The molecule has 0 bridgehead atoms. The van der Waals surface area contributed by atoms with E-state index in [-0.39, 0.29) is 29.7 Å². The lowest BCUT2D eigenvalue weighted by Gasteiger charge is -2.39. The van der Waals surface area contributed by atoms with E-state index in [2.05, 4.69) is 10.4 Å². The first-order chi connectivity index (χ1) is 15.9. The van der Waals surface area contributed by atoms with Gasteiger partial charge in [0.2, 0.25) is 0 Å². The molecule has 2 amide bonds. The van der Waals surface area contributed by atoms with E-state index in [0.717, 1.165) is 17.3 Å². The van der Waals surface area contributed by atoms with E-state index in [1.165, 1.54) is 6.07 Å². The van der Waals surface area contributed by atoms with Crippen LogP contribution in [0.3, 0.4) is 0 Å². The third-order valence-electron chi connectivity index (χ3n) is 5.69. The topological polar surface area (TPSA) is 85.7 Å². The number of aromatic nitrogens is 2. The first-order valence-electron chi connectivity index (χ1n) is 10.3. The largest absolute Gasteiger partial charge is 0.492 e. The molecule has 0 unspecified atom stereocenters. The van der Waals surface area contributed by atoms with Crippen LogP contribution in [0.4, 0.5) is 10.1 Å². The molecule has 0 aliphatic carbocycles. The summed E-state index contributed by atoms with van der Waals surface area (Å²) >= 11 is 6.17. The Kier molecular flexibility index (Phi) is 5.41. The van der Waals surface area contributed by atoms with E-state index < -0.39 is 11.7 Å². The van der Waals surface area contributed by atoms with Crippen molar-refractivity contribution in [3.63, 3.8) is 0 Å². The molecule has 5 rings (SSSR count). The van der Waals surface area contributed by atoms with Gasteiger partial charge in [-0.05, 0) is 30.3 Å².